The van der Waals surface area contributed by atoms with Crippen molar-refractivity contribution in [1.29, 1.82) is 0 Å². The van der Waals surface area contributed by atoms with Gasteiger partial charge in [0.1, 0.15) is 5.82 Å². The highest BCUT2D eigenvalue weighted by atomic mass is 19.1. The van der Waals surface area contributed by atoms with Crippen LogP contribution < -0.4 is 0 Å². The van der Waals surface area contributed by atoms with Gasteiger partial charge in [0, 0.05) is 6.54 Å². The lowest BCUT2D eigenvalue weighted by atomic mass is 10.0. The van der Waals surface area contributed by atoms with Gasteiger partial charge >= 0.3 is 0 Å². The quantitative estimate of drug-likeness (QED) is 0.588. The van der Waals surface area contributed by atoms with E-state index < -0.39 is 5.82 Å². The first-order valence-electron chi connectivity index (χ1n) is 5.87. The van der Waals surface area contributed by atoms with Crippen LogP contribution in [0.3, 0.4) is 0 Å². The van der Waals surface area contributed by atoms with Gasteiger partial charge in [-0.25, -0.2) is 4.39 Å². The number of hydrogen-bond donors (Lipinski definition) is 0. The highest BCUT2D eigenvalue weighted by Gasteiger charge is 2.31. The smallest absolute Gasteiger partial charge is 0.182 e. The van der Waals surface area contributed by atoms with E-state index in [1.807, 2.05) is 0 Å². The van der Waals surface area contributed by atoms with Crippen LogP contribution in [-0.4, -0.2) is 29.8 Å². The monoisotopic (exact) mass is 233 g/mol. The number of Topliss-reactive ketones (excluding diaryl/α,β-unsaturated/α-hetero) is 1. The predicted octanol–water partition coefficient (Wildman–Crippen LogP) is 2.66. The molecule has 0 spiro atoms. The van der Waals surface area contributed by atoms with Gasteiger partial charge in [-0.1, -0.05) is 18.2 Å². The molecule has 0 amide bonds. The van der Waals surface area contributed by atoms with E-state index in [4.69, 9.17) is 0 Å². The van der Waals surface area contributed by atoms with Crippen molar-refractivity contribution >= 4 is 5.78 Å². The summed E-state index contributed by atoms with van der Waals surface area (Å²) in [5, 5.41) is 0. The normalized spacial score (nSPS) is 20.4. The van der Waals surface area contributed by atoms with Crippen LogP contribution in [0.2, 0.25) is 0 Å². The second kappa shape index (κ2) is 5.23. The Morgan fingerprint density at radius 1 is 1.53 bits per heavy atom. The predicted molar refractivity (Wildman–Crippen MR) is 65.5 cm³/mol. The van der Waals surface area contributed by atoms with Crippen molar-refractivity contribution in [1.82, 2.24) is 4.90 Å². The molecule has 2 rings (SSSR count). The number of ketones is 1. The molecule has 1 saturated heterocycles. The molecule has 1 fully saturated rings. The van der Waals surface area contributed by atoms with Crippen LogP contribution in [0, 0.1) is 5.82 Å². The third-order valence-corrected chi connectivity index (χ3v) is 3.17. The first kappa shape index (κ1) is 12.0. The van der Waals surface area contributed by atoms with Gasteiger partial charge in [-0.2, -0.15) is 0 Å². The fraction of sp³-hybridized carbons (Fsp3) is 0.357. The Morgan fingerprint density at radius 3 is 3.00 bits per heavy atom. The summed E-state index contributed by atoms with van der Waals surface area (Å²) in [7, 11) is 0. The second-order valence-corrected chi connectivity index (χ2v) is 4.29. The Balaban J connectivity index is 2.20. The molecular formula is C14H16FNO. The Morgan fingerprint density at radius 2 is 2.29 bits per heavy atom. The van der Waals surface area contributed by atoms with Crippen molar-refractivity contribution in [3.63, 3.8) is 0 Å². The van der Waals surface area contributed by atoms with E-state index in [1.54, 1.807) is 24.3 Å². The molecule has 1 atom stereocenters. The van der Waals surface area contributed by atoms with E-state index in [0.717, 1.165) is 19.4 Å². The zero-order valence-electron chi connectivity index (χ0n) is 9.73. The summed E-state index contributed by atoms with van der Waals surface area (Å²) in [5.74, 6) is -0.537. The first-order valence-corrected chi connectivity index (χ1v) is 5.87. The average molecular weight is 233 g/mol. The minimum absolute atomic E-state index is 0.109. The Labute approximate surface area is 101 Å². The van der Waals surface area contributed by atoms with Crippen molar-refractivity contribution in [2.24, 2.45) is 0 Å². The minimum Gasteiger partial charge on any atom is -0.292 e. The van der Waals surface area contributed by atoms with Crippen molar-refractivity contribution in [2.45, 2.75) is 18.9 Å². The molecule has 1 aliphatic heterocycles. The third-order valence-electron chi connectivity index (χ3n) is 3.17. The van der Waals surface area contributed by atoms with Crippen LogP contribution in [-0.2, 0) is 0 Å². The van der Waals surface area contributed by atoms with E-state index >= 15 is 0 Å². The Bertz CT molecular complexity index is 430. The molecule has 3 heteroatoms. The second-order valence-electron chi connectivity index (χ2n) is 4.29. The van der Waals surface area contributed by atoms with Gasteiger partial charge in [-0.3, -0.25) is 9.69 Å². The van der Waals surface area contributed by atoms with Gasteiger partial charge in [-0.05, 0) is 31.5 Å². The summed E-state index contributed by atoms with van der Waals surface area (Å²) in [6.45, 7) is 5.25. The molecule has 0 N–H and O–H groups in total. The van der Waals surface area contributed by atoms with Crippen LogP contribution in [0.1, 0.15) is 23.2 Å². The zero-order chi connectivity index (χ0) is 12.3. The van der Waals surface area contributed by atoms with Crippen LogP contribution in [0.25, 0.3) is 0 Å². The van der Waals surface area contributed by atoms with Gasteiger partial charge in [0.05, 0.1) is 11.6 Å². The van der Waals surface area contributed by atoms with Gasteiger partial charge in [0.2, 0.25) is 0 Å². The van der Waals surface area contributed by atoms with E-state index in [2.05, 4.69) is 11.5 Å². The summed E-state index contributed by atoms with van der Waals surface area (Å²) < 4.78 is 13.5. The molecule has 90 valence electrons. The van der Waals surface area contributed by atoms with Crippen molar-refractivity contribution in [3.05, 3.63) is 48.3 Å². The summed E-state index contributed by atoms with van der Waals surface area (Å²) in [6, 6.07) is 6.00. The molecule has 1 aromatic rings. The molecule has 1 unspecified atom stereocenters. The molecule has 0 saturated carbocycles. The van der Waals surface area contributed by atoms with Gasteiger partial charge in [-0.15, -0.1) is 6.58 Å². The molecule has 0 aliphatic carbocycles. The Hall–Kier alpha value is -1.48. The number of nitrogens with zero attached hydrogens (tertiary/aromatic N) is 1. The van der Waals surface area contributed by atoms with Crippen molar-refractivity contribution in [2.75, 3.05) is 13.1 Å². The van der Waals surface area contributed by atoms with Crippen LogP contribution in [0.15, 0.2) is 36.9 Å². The molecule has 0 aromatic heterocycles. The van der Waals surface area contributed by atoms with Crippen LogP contribution in [0.5, 0.6) is 0 Å². The maximum Gasteiger partial charge on any atom is 0.182 e. The van der Waals surface area contributed by atoms with Crippen molar-refractivity contribution < 1.29 is 9.18 Å². The van der Waals surface area contributed by atoms with Crippen molar-refractivity contribution in [3.8, 4) is 0 Å². The van der Waals surface area contributed by atoms with Gasteiger partial charge in [0.15, 0.2) is 5.78 Å². The SMILES string of the molecule is C=CCN1CCCC1C(=O)c1ccccc1F. The highest BCUT2D eigenvalue weighted by molar-refractivity contribution is 6.00. The van der Waals surface area contributed by atoms with E-state index in [9.17, 15) is 9.18 Å². The first-order chi connectivity index (χ1) is 8.24. The number of carbonyl (C=O) groups is 1. The van der Waals surface area contributed by atoms with Crippen LogP contribution >= 0.6 is 0 Å². The molecule has 1 heterocycles. The number of carbonyl (C=O) groups excluding carboxylic acids is 1. The lowest BCUT2D eigenvalue weighted by Gasteiger charge is -2.21. The fourth-order valence-corrected chi connectivity index (χ4v) is 2.35. The van der Waals surface area contributed by atoms with Gasteiger partial charge < -0.3 is 0 Å². The molecule has 1 aliphatic rings. The number of halogens is 1. The van der Waals surface area contributed by atoms with E-state index in [1.165, 1.54) is 6.07 Å². The summed E-state index contributed by atoms with van der Waals surface area (Å²) in [5.41, 5.74) is 0.202. The topological polar surface area (TPSA) is 20.3 Å². The molecule has 0 radical (unpaired) electrons. The standard InChI is InChI=1S/C14H16FNO/c1-2-9-16-10-5-8-13(16)14(17)11-6-3-4-7-12(11)15/h2-4,6-7,13H,1,5,8-10H2. The third kappa shape index (κ3) is 2.44. The van der Waals surface area contributed by atoms with E-state index in [0.29, 0.717) is 6.54 Å². The molecule has 17 heavy (non-hydrogen) atoms. The lowest BCUT2D eigenvalue weighted by molar-refractivity contribution is 0.0875. The van der Waals surface area contributed by atoms with Crippen LogP contribution in [0.4, 0.5) is 4.39 Å². The average Bonchev–Trinajstić information content (AvgIpc) is 2.78. The largest absolute Gasteiger partial charge is 0.292 e. The maximum absolute atomic E-state index is 13.5. The maximum atomic E-state index is 13.5. The molecule has 0 bridgehead atoms. The molecule has 1 aromatic carbocycles. The highest BCUT2D eigenvalue weighted by Crippen LogP contribution is 2.22. The molecule has 2 nitrogen and oxygen atoms in total. The Kier molecular flexibility index (Phi) is 3.69. The van der Waals surface area contributed by atoms with E-state index in [-0.39, 0.29) is 17.4 Å². The number of benzene rings is 1. The zero-order valence-corrected chi connectivity index (χ0v) is 9.73. The van der Waals surface area contributed by atoms with Gasteiger partial charge in [0.25, 0.3) is 0 Å². The number of hydrogen-bond acceptors (Lipinski definition) is 2. The number of likely N-dealkylation sites (tertiary alicyclic amines) is 1. The summed E-state index contributed by atoms with van der Waals surface area (Å²) >= 11 is 0. The summed E-state index contributed by atoms with van der Waals surface area (Å²) in [6.07, 6.45) is 3.58. The minimum atomic E-state index is -0.428. The number of rotatable bonds is 4. The molecular weight excluding hydrogens is 217 g/mol. The lowest BCUT2D eigenvalue weighted by Crippen LogP contribution is -2.36. The fourth-order valence-electron chi connectivity index (χ4n) is 2.35. The summed E-state index contributed by atoms with van der Waals surface area (Å²) in [4.78, 5) is 14.3.